The molecule has 1 aromatic rings. The summed E-state index contributed by atoms with van der Waals surface area (Å²) in [6.07, 6.45) is 3.44. The van der Waals surface area contributed by atoms with Gasteiger partial charge in [-0.15, -0.1) is 0 Å². The predicted molar refractivity (Wildman–Crippen MR) is 102 cm³/mol. The normalized spacial score (nSPS) is 24.1. The highest BCUT2D eigenvalue weighted by molar-refractivity contribution is 7.99. The monoisotopic (exact) mass is 368 g/mol. The first-order chi connectivity index (χ1) is 11.5. The molecule has 0 radical (unpaired) electrons. The maximum atomic E-state index is 13.1. The number of aryl methyl sites for hydroxylation is 1. The lowest BCUT2D eigenvalue weighted by atomic mass is 10.2. The van der Waals surface area contributed by atoms with Gasteiger partial charge in [0.05, 0.1) is 5.75 Å². The fourth-order valence-corrected chi connectivity index (χ4v) is 6.60. The molecule has 4 nitrogen and oxygen atoms in total. The largest absolute Gasteiger partial charge is 0.302 e. The summed E-state index contributed by atoms with van der Waals surface area (Å²) in [5.41, 5.74) is 2.01. The van der Waals surface area contributed by atoms with Crippen molar-refractivity contribution in [3.8, 4) is 0 Å². The quantitative estimate of drug-likeness (QED) is 0.801. The molecule has 2 heterocycles. The second kappa shape index (κ2) is 8.21. The second-order valence-corrected chi connectivity index (χ2v) is 10.0. The van der Waals surface area contributed by atoms with E-state index in [0.29, 0.717) is 6.54 Å². The van der Waals surface area contributed by atoms with Gasteiger partial charge >= 0.3 is 0 Å². The maximum absolute atomic E-state index is 13.1. The van der Waals surface area contributed by atoms with Gasteiger partial charge in [0, 0.05) is 24.9 Å². The van der Waals surface area contributed by atoms with Gasteiger partial charge in [0.15, 0.2) is 0 Å². The van der Waals surface area contributed by atoms with Gasteiger partial charge in [-0.05, 0) is 50.6 Å². The minimum absolute atomic E-state index is 0.116. The van der Waals surface area contributed by atoms with Gasteiger partial charge in [0.1, 0.15) is 0 Å². The molecule has 2 aliphatic heterocycles. The number of hydrogen-bond acceptors (Lipinski definition) is 4. The summed E-state index contributed by atoms with van der Waals surface area (Å²) in [5, 5.41) is 0. The summed E-state index contributed by atoms with van der Waals surface area (Å²) in [6.45, 7) is 5.80. The van der Waals surface area contributed by atoms with E-state index >= 15 is 0 Å². The average Bonchev–Trinajstić information content (AvgIpc) is 2.90. The van der Waals surface area contributed by atoms with Crippen molar-refractivity contribution in [3.63, 3.8) is 0 Å². The summed E-state index contributed by atoms with van der Waals surface area (Å²) >= 11 is 1.90. The van der Waals surface area contributed by atoms with Crippen molar-refractivity contribution in [2.24, 2.45) is 0 Å². The molecular weight excluding hydrogens is 340 g/mol. The van der Waals surface area contributed by atoms with Crippen molar-refractivity contribution < 1.29 is 8.42 Å². The number of nitrogens with zero attached hydrogens (tertiary/aromatic N) is 2. The Morgan fingerprint density at radius 2 is 1.96 bits per heavy atom. The first-order valence-corrected chi connectivity index (χ1v) is 11.7. The standard InChI is InChI=1S/C18H28N2O2S2/c1-16-6-4-7-17(12-16)15-24(21,22)20-10-5-11-23-14-18(20)13-19-8-2-3-9-19/h4,6-7,12,18H,2-3,5,8-11,13-15H2,1H3. The van der Waals surface area contributed by atoms with E-state index in [1.807, 2.05) is 47.3 Å². The molecule has 2 saturated heterocycles. The van der Waals surface area contributed by atoms with Crippen LogP contribution in [0.5, 0.6) is 0 Å². The van der Waals surface area contributed by atoms with Gasteiger partial charge in [-0.1, -0.05) is 29.8 Å². The van der Waals surface area contributed by atoms with Gasteiger partial charge < -0.3 is 4.90 Å². The lowest BCUT2D eigenvalue weighted by molar-refractivity contribution is 0.243. The Morgan fingerprint density at radius 1 is 1.17 bits per heavy atom. The lowest BCUT2D eigenvalue weighted by Gasteiger charge is -2.31. The van der Waals surface area contributed by atoms with Crippen LogP contribution in [0.15, 0.2) is 24.3 Å². The smallest absolute Gasteiger partial charge is 0.218 e. The van der Waals surface area contributed by atoms with Crippen LogP contribution in [-0.4, -0.2) is 61.3 Å². The molecule has 6 heteroatoms. The van der Waals surface area contributed by atoms with E-state index in [0.717, 1.165) is 48.7 Å². The first-order valence-electron chi connectivity index (χ1n) is 8.90. The Balaban J connectivity index is 1.76. The van der Waals surface area contributed by atoms with Crippen LogP contribution in [0.3, 0.4) is 0 Å². The van der Waals surface area contributed by atoms with Crippen molar-refractivity contribution in [2.75, 3.05) is 37.7 Å². The van der Waals surface area contributed by atoms with Crippen LogP contribution in [0.2, 0.25) is 0 Å². The zero-order valence-corrected chi connectivity index (χ0v) is 16.1. The molecule has 3 rings (SSSR count). The van der Waals surface area contributed by atoms with Crippen molar-refractivity contribution >= 4 is 21.8 Å². The summed E-state index contributed by atoms with van der Waals surface area (Å²) < 4.78 is 28.0. The van der Waals surface area contributed by atoms with Crippen molar-refractivity contribution in [3.05, 3.63) is 35.4 Å². The Kier molecular flexibility index (Phi) is 6.24. The van der Waals surface area contributed by atoms with E-state index in [2.05, 4.69) is 4.90 Å². The molecule has 0 spiro atoms. The molecule has 0 bridgehead atoms. The molecule has 2 aliphatic rings. The highest BCUT2D eigenvalue weighted by atomic mass is 32.2. The Bertz CT molecular complexity index is 642. The van der Waals surface area contributed by atoms with E-state index < -0.39 is 10.0 Å². The fourth-order valence-electron chi connectivity index (χ4n) is 3.68. The number of rotatable bonds is 5. The molecule has 1 aromatic carbocycles. The zero-order valence-electron chi connectivity index (χ0n) is 14.5. The SMILES string of the molecule is Cc1cccc(CS(=O)(=O)N2CCCSCC2CN2CCCC2)c1. The third kappa shape index (κ3) is 4.75. The lowest BCUT2D eigenvalue weighted by Crippen LogP contribution is -2.47. The van der Waals surface area contributed by atoms with Gasteiger partial charge in [-0.3, -0.25) is 0 Å². The van der Waals surface area contributed by atoms with E-state index in [-0.39, 0.29) is 11.8 Å². The fraction of sp³-hybridized carbons (Fsp3) is 0.667. The van der Waals surface area contributed by atoms with Gasteiger partial charge in [0.2, 0.25) is 10.0 Å². The zero-order chi connectivity index (χ0) is 17.0. The third-order valence-corrected chi connectivity index (χ3v) is 7.93. The van der Waals surface area contributed by atoms with Gasteiger partial charge in [-0.2, -0.15) is 16.1 Å². The average molecular weight is 369 g/mol. The van der Waals surface area contributed by atoms with E-state index in [1.165, 1.54) is 12.8 Å². The Labute approximate surface area is 150 Å². The first kappa shape index (κ1) is 18.2. The minimum Gasteiger partial charge on any atom is -0.302 e. The highest BCUT2D eigenvalue weighted by Gasteiger charge is 2.33. The summed E-state index contributed by atoms with van der Waals surface area (Å²) in [7, 11) is -3.27. The Hall–Kier alpha value is -0.560. The molecule has 2 fully saturated rings. The van der Waals surface area contributed by atoms with Crippen molar-refractivity contribution in [1.82, 2.24) is 9.21 Å². The molecule has 0 aromatic heterocycles. The topological polar surface area (TPSA) is 40.6 Å². The summed E-state index contributed by atoms with van der Waals surface area (Å²) in [6, 6.07) is 7.98. The summed E-state index contributed by atoms with van der Waals surface area (Å²) in [4.78, 5) is 2.44. The predicted octanol–water partition coefficient (Wildman–Crippen LogP) is 2.73. The molecule has 1 unspecified atom stereocenters. The number of sulfonamides is 1. The number of thioether (sulfide) groups is 1. The second-order valence-electron chi connectivity index (χ2n) is 6.95. The van der Waals surface area contributed by atoms with Crippen LogP contribution in [0.1, 0.15) is 30.4 Å². The molecule has 134 valence electrons. The van der Waals surface area contributed by atoms with Crippen LogP contribution in [0.4, 0.5) is 0 Å². The number of benzene rings is 1. The van der Waals surface area contributed by atoms with E-state index in [4.69, 9.17) is 0 Å². The molecule has 1 atom stereocenters. The molecule has 0 amide bonds. The number of hydrogen-bond donors (Lipinski definition) is 0. The van der Waals surface area contributed by atoms with E-state index in [9.17, 15) is 8.42 Å². The van der Waals surface area contributed by atoms with Crippen molar-refractivity contribution in [2.45, 2.75) is 38.0 Å². The van der Waals surface area contributed by atoms with E-state index in [1.54, 1.807) is 0 Å². The van der Waals surface area contributed by atoms with Crippen LogP contribution in [-0.2, 0) is 15.8 Å². The third-order valence-electron chi connectivity index (χ3n) is 4.84. The Morgan fingerprint density at radius 3 is 2.71 bits per heavy atom. The van der Waals surface area contributed by atoms with Crippen LogP contribution in [0.25, 0.3) is 0 Å². The van der Waals surface area contributed by atoms with Crippen molar-refractivity contribution in [1.29, 1.82) is 0 Å². The maximum Gasteiger partial charge on any atom is 0.218 e. The molecule has 0 aliphatic carbocycles. The van der Waals surface area contributed by atoms with Crippen LogP contribution >= 0.6 is 11.8 Å². The molecular formula is C18H28N2O2S2. The molecule has 24 heavy (non-hydrogen) atoms. The summed E-state index contributed by atoms with van der Waals surface area (Å²) in [5.74, 6) is 2.10. The van der Waals surface area contributed by atoms with Crippen LogP contribution in [0, 0.1) is 6.92 Å². The van der Waals surface area contributed by atoms with Gasteiger partial charge in [0.25, 0.3) is 0 Å². The molecule has 0 N–H and O–H groups in total. The minimum atomic E-state index is -3.27. The van der Waals surface area contributed by atoms with Crippen LogP contribution < -0.4 is 0 Å². The molecule has 0 saturated carbocycles. The number of likely N-dealkylation sites (tertiary alicyclic amines) is 1. The highest BCUT2D eigenvalue weighted by Crippen LogP contribution is 2.24. The van der Waals surface area contributed by atoms with Gasteiger partial charge in [-0.25, -0.2) is 8.42 Å².